The summed E-state index contributed by atoms with van der Waals surface area (Å²) in [6.07, 6.45) is 2.40. The summed E-state index contributed by atoms with van der Waals surface area (Å²) in [5.74, 6) is 1.52. The van der Waals surface area contributed by atoms with Gasteiger partial charge in [0.2, 0.25) is 0 Å². The van der Waals surface area contributed by atoms with Crippen molar-refractivity contribution in [3.63, 3.8) is 0 Å². The van der Waals surface area contributed by atoms with E-state index in [1.54, 1.807) is 7.05 Å². The van der Waals surface area contributed by atoms with Gasteiger partial charge < -0.3 is 10.2 Å². The van der Waals surface area contributed by atoms with Gasteiger partial charge in [0.1, 0.15) is 0 Å². The first-order chi connectivity index (χ1) is 12.7. The van der Waals surface area contributed by atoms with Gasteiger partial charge in [-0.25, -0.2) is 8.42 Å². The minimum Gasteiger partial charge on any atom is -0.356 e. The largest absolute Gasteiger partial charge is 0.356 e. The summed E-state index contributed by atoms with van der Waals surface area (Å²) < 4.78 is 23.8. The SMILES string of the molecule is CN=C(NCC1CCCN(C)C1c1cccs1)N1CCS(=O)(=O)C(C)(C)C1.I. The number of thiophene rings is 1. The second-order valence-electron chi connectivity index (χ2n) is 8.27. The Morgan fingerprint density at radius 1 is 1.39 bits per heavy atom. The molecule has 1 aromatic heterocycles. The molecule has 2 aliphatic heterocycles. The molecule has 2 atom stereocenters. The summed E-state index contributed by atoms with van der Waals surface area (Å²) in [5.41, 5.74) is 0. The number of nitrogens with one attached hydrogen (secondary N) is 1. The van der Waals surface area contributed by atoms with Crippen LogP contribution < -0.4 is 5.32 Å². The zero-order valence-corrected chi connectivity index (χ0v) is 21.2. The minimum absolute atomic E-state index is 0. The summed E-state index contributed by atoms with van der Waals surface area (Å²) in [6.45, 7) is 6.59. The first-order valence-electron chi connectivity index (χ1n) is 9.67. The fourth-order valence-corrected chi connectivity index (χ4v) is 6.61. The Kier molecular flexibility index (Phi) is 8.20. The van der Waals surface area contributed by atoms with E-state index in [4.69, 9.17) is 0 Å². The van der Waals surface area contributed by atoms with Gasteiger partial charge in [0, 0.05) is 37.6 Å². The van der Waals surface area contributed by atoms with E-state index in [0.29, 0.717) is 25.0 Å². The van der Waals surface area contributed by atoms with Gasteiger partial charge in [-0.2, -0.15) is 0 Å². The molecule has 0 amide bonds. The van der Waals surface area contributed by atoms with Crippen molar-refractivity contribution >= 4 is 51.1 Å². The van der Waals surface area contributed by atoms with Gasteiger partial charge in [-0.3, -0.25) is 9.89 Å². The zero-order valence-electron chi connectivity index (χ0n) is 17.2. The third kappa shape index (κ3) is 5.02. The van der Waals surface area contributed by atoms with Gasteiger partial charge >= 0.3 is 0 Å². The van der Waals surface area contributed by atoms with Gasteiger partial charge in [0.15, 0.2) is 15.8 Å². The topological polar surface area (TPSA) is 65.0 Å². The third-order valence-corrected chi connectivity index (χ3v) is 9.39. The highest BCUT2D eigenvalue weighted by Gasteiger charge is 2.41. The van der Waals surface area contributed by atoms with Crippen LogP contribution in [0.25, 0.3) is 0 Å². The highest BCUT2D eigenvalue weighted by Crippen LogP contribution is 2.36. The zero-order chi connectivity index (χ0) is 19.7. The second-order valence-corrected chi connectivity index (χ2v) is 12.0. The number of likely N-dealkylation sites (tertiary alicyclic amines) is 1. The van der Waals surface area contributed by atoms with E-state index in [0.717, 1.165) is 19.0 Å². The highest BCUT2D eigenvalue weighted by molar-refractivity contribution is 14.0. The van der Waals surface area contributed by atoms with Crippen molar-refractivity contribution in [3.8, 4) is 0 Å². The third-order valence-electron chi connectivity index (χ3n) is 5.92. The highest BCUT2D eigenvalue weighted by atomic mass is 127. The average molecular weight is 541 g/mol. The maximum atomic E-state index is 12.3. The molecule has 2 fully saturated rings. The van der Waals surface area contributed by atoms with Crippen LogP contribution in [0, 0.1) is 5.92 Å². The van der Waals surface area contributed by atoms with Gasteiger partial charge in [-0.15, -0.1) is 35.3 Å². The van der Waals surface area contributed by atoms with Crippen molar-refractivity contribution in [2.75, 3.05) is 46.0 Å². The van der Waals surface area contributed by atoms with E-state index < -0.39 is 14.6 Å². The van der Waals surface area contributed by atoms with E-state index in [9.17, 15) is 8.42 Å². The molecule has 1 N–H and O–H groups in total. The Balaban J connectivity index is 0.00000280. The van der Waals surface area contributed by atoms with E-state index in [1.807, 2.05) is 25.2 Å². The fraction of sp³-hybridized carbons (Fsp3) is 0.737. The van der Waals surface area contributed by atoms with Crippen LogP contribution in [0.3, 0.4) is 0 Å². The number of rotatable bonds is 3. The normalized spacial score (nSPS) is 27.9. The average Bonchev–Trinajstić information content (AvgIpc) is 3.12. The minimum atomic E-state index is -3.05. The first kappa shape index (κ1) is 23.9. The number of hydrogen-bond acceptors (Lipinski definition) is 5. The van der Waals surface area contributed by atoms with Crippen molar-refractivity contribution < 1.29 is 8.42 Å². The molecule has 160 valence electrons. The van der Waals surface area contributed by atoms with Crippen LogP contribution in [0.5, 0.6) is 0 Å². The van der Waals surface area contributed by atoms with Gasteiger partial charge in [-0.1, -0.05) is 6.07 Å². The lowest BCUT2D eigenvalue weighted by Gasteiger charge is -2.41. The van der Waals surface area contributed by atoms with E-state index >= 15 is 0 Å². The molecule has 3 heterocycles. The molecule has 9 heteroatoms. The standard InChI is InChI=1S/C19H32N4O2S2.HI/c1-19(2)14-23(10-12-27(19,24)25)18(20-3)21-13-15-7-5-9-22(4)17(15)16-8-6-11-26-16;/h6,8,11,15,17H,5,7,9-10,12-14H2,1-4H3,(H,20,21);1H. The summed E-state index contributed by atoms with van der Waals surface area (Å²) in [5, 5.41) is 5.70. The molecule has 0 aromatic carbocycles. The molecule has 0 radical (unpaired) electrons. The number of halogens is 1. The molecule has 6 nitrogen and oxygen atoms in total. The van der Waals surface area contributed by atoms with Crippen molar-refractivity contribution in [1.29, 1.82) is 0 Å². The number of guanidine groups is 1. The number of nitrogens with zero attached hydrogens (tertiary/aromatic N) is 3. The lowest BCUT2D eigenvalue weighted by Crippen LogP contribution is -2.57. The molecule has 2 unspecified atom stereocenters. The number of aliphatic imine (C=N–C) groups is 1. The summed E-state index contributed by atoms with van der Waals surface area (Å²) >= 11 is 1.83. The monoisotopic (exact) mass is 540 g/mol. The molecule has 2 saturated heterocycles. The molecule has 0 aliphatic carbocycles. The summed E-state index contributed by atoms with van der Waals surface area (Å²) in [7, 11) is 0.945. The van der Waals surface area contributed by atoms with Crippen LogP contribution in [0.1, 0.15) is 37.6 Å². The Hall–Kier alpha value is -0.390. The molecule has 28 heavy (non-hydrogen) atoms. The maximum Gasteiger partial charge on any atom is 0.193 e. The van der Waals surface area contributed by atoms with Crippen LogP contribution in [0.4, 0.5) is 0 Å². The predicted octanol–water partition coefficient (Wildman–Crippen LogP) is 2.83. The van der Waals surface area contributed by atoms with Gasteiger partial charge in [-0.05, 0) is 57.6 Å². The molecule has 0 bridgehead atoms. The molecule has 0 spiro atoms. The summed E-state index contributed by atoms with van der Waals surface area (Å²) in [4.78, 5) is 10.4. The van der Waals surface area contributed by atoms with Crippen molar-refractivity contribution in [1.82, 2.24) is 15.1 Å². The molecule has 0 saturated carbocycles. The Morgan fingerprint density at radius 2 is 2.14 bits per heavy atom. The summed E-state index contributed by atoms with van der Waals surface area (Å²) in [6, 6.07) is 4.79. The maximum absolute atomic E-state index is 12.3. The second kappa shape index (κ2) is 9.61. The van der Waals surface area contributed by atoms with Crippen LogP contribution in [0.15, 0.2) is 22.5 Å². The van der Waals surface area contributed by atoms with Crippen LogP contribution in [-0.4, -0.2) is 75.0 Å². The number of piperidine rings is 1. The lowest BCUT2D eigenvalue weighted by atomic mass is 9.88. The van der Waals surface area contributed by atoms with Crippen molar-refractivity contribution in [3.05, 3.63) is 22.4 Å². The first-order valence-corrected chi connectivity index (χ1v) is 12.2. The van der Waals surface area contributed by atoms with Crippen LogP contribution in [-0.2, 0) is 9.84 Å². The Labute approximate surface area is 190 Å². The van der Waals surface area contributed by atoms with E-state index in [-0.39, 0.29) is 29.7 Å². The quantitative estimate of drug-likeness (QED) is 0.363. The van der Waals surface area contributed by atoms with Crippen molar-refractivity contribution in [2.45, 2.75) is 37.5 Å². The molecule has 3 rings (SSSR count). The Morgan fingerprint density at radius 3 is 2.75 bits per heavy atom. The van der Waals surface area contributed by atoms with E-state index in [2.05, 4.69) is 44.7 Å². The van der Waals surface area contributed by atoms with Gasteiger partial charge in [0.25, 0.3) is 0 Å². The molecular formula is C19H33IN4O2S2. The lowest BCUT2D eigenvalue weighted by molar-refractivity contribution is 0.124. The smallest absolute Gasteiger partial charge is 0.193 e. The van der Waals surface area contributed by atoms with Crippen molar-refractivity contribution in [2.24, 2.45) is 10.9 Å². The van der Waals surface area contributed by atoms with Crippen LogP contribution in [0.2, 0.25) is 0 Å². The molecule has 2 aliphatic rings. The molecular weight excluding hydrogens is 507 g/mol. The number of sulfone groups is 1. The van der Waals surface area contributed by atoms with E-state index in [1.165, 1.54) is 17.7 Å². The number of hydrogen-bond donors (Lipinski definition) is 1. The van der Waals surface area contributed by atoms with Gasteiger partial charge in [0.05, 0.1) is 10.5 Å². The predicted molar refractivity (Wildman–Crippen MR) is 129 cm³/mol. The fourth-order valence-electron chi connectivity index (χ4n) is 4.26. The Bertz CT molecular complexity index is 765. The molecule has 1 aromatic rings. The van der Waals surface area contributed by atoms with Crippen LogP contribution >= 0.6 is 35.3 Å².